The van der Waals surface area contributed by atoms with Gasteiger partial charge < -0.3 is 4.74 Å². The van der Waals surface area contributed by atoms with E-state index in [1.807, 2.05) is 13.8 Å². The monoisotopic (exact) mass is 225 g/mol. The number of piperidine rings is 2. The Morgan fingerprint density at radius 1 is 1.19 bits per heavy atom. The third-order valence-electron chi connectivity index (χ3n) is 3.77. The van der Waals surface area contributed by atoms with E-state index in [0.717, 1.165) is 6.42 Å². The van der Waals surface area contributed by atoms with Crippen LogP contribution in [0.4, 0.5) is 0 Å². The standard InChI is InChI=1S/C13H23NO2/c1-10(2)13(15)16-12-7-5-9-14-8-4-3-6-11(12)14/h10-12H,3-9H2,1-2H3/t11-,12+/m1/s1. The molecule has 92 valence electrons. The second-order valence-electron chi connectivity index (χ2n) is 5.37. The van der Waals surface area contributed by atoms with E-state index in [1.54, 1.807) is 0 Å². The molecule has 0 amide bonds. The van der Waals surface area contributed by atoms with Gasteiger partial charge in [-0.3, -0.25) is 9.69 Å². The van der Waals surface area contributed by atoms with E-state index >= 15 is 0 Å². The Labute approximate surface area is 98.1 Å². The maximum Gasteiger partial charge on any atom is 0.308 e. The Hall–Kier alpha value is -0.570. The summed E-state index contributed by atoms with van der Waals surface area (Å²) in [6, 6.07) is 0.505. The molecule has 0 radical (unpaired) electrons. The quantitative estimate of drug-likeness (QED) is 0.675. The Kier molecular flexibility index (Phi) is 3.85. The first-order chi connectivity index (χ1) is 7.68. The predicted octanol–water partition coefficient (Wildman–Crippen LogP) is 2.20. The highest BCUT2D eigenvalue weighted by atomic mass is 16.5. The van der Waals surface area contributed by atoms with Crippen LogP contribution in [0.5, 0.6) is 0 Å². The Morgan fingerprint density at radius 2 is 1.94 bits per heavy atom. The number of esters is 1. The molecule has 0 bridgehead atoms. The molecule has 0 spiro atoms. The maximum absolute atomic E-state index is 11.6. The van der Waals surface area contributed by atoms with Gasteiger partial charge in [-0.15, -0.1) is 0 Å². The van der Waals surface area contributed by atoms with Crippen molar-refractivity contribution in [3.05, 3.63) is 0 Å². The summed E-state index contributed by atoms with van der Waals surface area (Å²) in [5, 5.41) is 0. The van der Waals surface area contributed by atoms with Gasteiger partial charge in [0.25, 0.3) is 0 Å². The van der Waals surface area contributed by atoms with Crippen LogP contribution in [-0.4, -0.2) is 36.1 Å². The van der Waals surface area contributed by atoms with Crippen LogP contribution in [-0.2, 0) is 9.53 Å². The minimum absolute atomic E-state index is 0.000956. The van der Waals surface area contributed by atoms with E-state index in [-0.39, 0.29) is 18.0 Å². The summed E-state index contributed by atoms with van der Waals surface area (Å²) < 4.78 is 5.64. The van der Waals surface area contributed by atoms with Gasteiger partial charge in [-0.25, -0.2) is 0 Å². The lowest BCUT2D eigenvalue weighted by molar-refractivity contribution is -0.160. The molecule has 2 fully saturated rings. The topological polar surface area (TPSA) is 29.5 Å². The third kappa shape index (κ3) is 2.57. The van der Waals surface area contributed by atoms with Crippen LogP contribution < -0.4 is 0 Å². The predicted molar refractivity (Wildman–Crippen MR) is 63.2 cm³/mol. The Morgan fingerprint density at radius 3 is 2.69 bits per heavy atom. The highest BCUT2D eigenvalue weighted by Gasteiger charge is 2.35. The first-order valence-corrected chi connectivity index (χ1v) is 6.63. The first-order valence-electron chi connectivity index (χ1n) is 6.63. The van der Waals surface area contributed by atoms with Gasteiger partial charge in [0.15, 0.2) is 0 Å². The Bertz CT molecular complexity index is 250. The fourth-order valence-corrected chi connectivity index (χ4v) is 2.83. The van der Waals surface area contributed by atoms with Crippen LogP contribution in [0.3, 0.4) is 0 Å². The highest BCUT2D eigenvalue weighted by molar-refractivity contribution is 5.71. The molecule has 2 aliphatic heterocycles. The normalized spacial score (nSPS) is 31.2. The summed E-state index contributed by atoms with van der Waals surface area (Å²) in [5.41, 5.74) is 0. The van der Waals surface area contributed by atoms with Crippen molar-refractivity contribution in [3.8, 4) is 0 Å². The summed E-state index contributed by atoms with van der Waals surface area (Å²) in [6.07, 6.45) is 6.18. The van der Waals surface area contributed by atoms with Gasteiger partial charge in [0, 0.05) is 6.04 Å². The lowest BCUT2D eigenvalue weighted by atomic mass is 9.90. The van der Waals surface area contributed by atoms with E-state index in [2.05, 4.69) is 4.90 Å². The molecule has 3 nitrogen and oxygen atoms in total. The number of carbonyl (C=O) groups excluding carboxylic acids is 1. The average Bonchev–Trinajstić information content (AvgIpc) is 2.29. The van der Waals surface area contributed by atoms with Gasteiger partial charge in [-0.1, -0.05) is 20.3 Å². The molecule has 0 N–H and O–H groups in total. The van der Waals surface area contributed by atoms with Crippen molar-refractivity contribution in [2.24, 2.45) is 5.92 Å². The van der Waals surface area contributed by atoms with E-state index in [0.29, 0.717) is 6.04 Å². The summed E-state index contributed by atoms with van der Waals surface area (Å²) in [6.45, 7) is 6.20. The summed E-state index contributed by atoms with van der Waals surface area (Å²) in [4.78, 5) is 14.2. The molecule has 0 aromatic rings. The van der Waals surface area contributed by atoms with Crippen LogP contribution in [0.25, 0.3) is 0 Å². The number of hydrogen-bond acceptors (Lipinski definition) is 3. The van der Waals surface area contributed by atoms with E-state index in [9.17, 15) is 4.79 Å². The molecule has 2 heterocycles. The van der Waals surface area contributed by atoms with Crippen molar-refractivity contribution in [2.75, 3.05) is 13.1 Å². The molecule has 2 atom stereocenters. The lowest BCUT2D eigenvalue weighted by Crippen LogP contribution is -2.52. The van der Waals surface area contributed by atoms with Crippen LogP contribution in [0.1, 0.15) is 46.0 Å². The molecular weight excluding hydrogens is 202 g/mol. The summed E-state index contributed by atoms with van der Waals surface area (Å²) in [5.74, 6) is -0.0311. The molecule has 0 aromatic heterocycles. The first kappa shape index (κ1) is 11.9. The minimum atomic E-state index is -0.0302. The van der Waals surface area contributed by atoms with Gasteiger partial charge >= 0.3 is 5.97 Å². The fraction of sp³-hybridized carbons (Fsp3) is 0.923. The molecule has 3 heteroatoms. The van der Waals surface area contributed by atoms with Crippen molar-refractivity contribution in [2.45, 2.75) is 58.1 Å². The van der Waals surface area contributed by atoms with Crippen molar-refractivity contribution >= 4 is 5.97 Å². The SMILES string of the molecule is CC(C)C(=O)O[C@H]1CCCN2CCCC[C@H]12. The number of hydrogen-bond donors (Lipinski definition) is 0. The molecule has 16 heavy (non-hydrogen) atoms. The molecule has 2 rings (SSSR count). The smallest absolute Gasteiger partial charge is 0.308 e. The van der Waals surface area contributed by atoms with Gasteiger partial charge in [0.1, 0.15) is 6.10 Å². The molecule has 2 saturated heterocycles. The second-order valence-corrected chi connectivity index (χ2v) is 5.37. The second kappa shape index (κ2) is 5.17. The zero-order chi connectivity index (χ0) is 11.5. The van der Waals surface area contributed by atoms with Crippen LogP contribution >= 0.6 is 0 Å². The van der Waals surface area contributed by atoms with Crippen molar-refractivity contribution in [1.82, 2.24) is 4.90 Å². The van der Waals surface area contributed by atoms with Gasteiger partial charge in [-0.2, -0.15) is 0 Å². The number of ether oxygens (including phenoxy) is 1. The fourth-order valence-electron chi connectivity index (χ4n) is 2.83. The average molecular weight is 225 g/mol. The highest BCUT2D eigenvalue weighted by Crippen LogP contribution is 2.28. The molecule has 2 aliphatic rings. The molecule has 0 aliphatic carbocycles. The van der Waals surface area contributed by atoms with Crippen LogP contribution in [0, 0.1) is 5.92 Å². The zero-order valence-corrected chi connectivity index (χ0v) is 10.4. The third-order valence-corrected chi connectivity index (χ3v) is 3.77. The van der Waals surface area contributed by atoms with E-state index in [4.69, 9.17) is 4.74 Å². The number of rotatable bonds is 2. The van der Waals surface area contributed by atoms with Gasteiger partial charge in [0.2, 0.25) is 0 Å². The van der Waals surface area contributed by atoms with Gasteiger partial charge in [-0.05, 0) is 38.8 Å². The molecular formula is C13H23NO2. The summed E-state index contributed by atoms with van der Waals surface area (Å²) in [7, 11) is 0. The maximum atomic E-state index is 11.6. The van der Waals surface area contributed by atoms with Crippen molar-refractivity contribution in [1.29, 1.82) is 0 Å². The van der Waals surface area contributed by atoms with Crippen molar-refractivity contribution in [3.63, 3.8) is 0 Å². The Balaban J connectivity index is 1.94. The molecule has 0 unspecified atom stereocenters. The number of nitrogens with zero attached hydrogens (tertiary/aromatic N) is 1. The largest absolute Gasteiger partial charge is 0.461 e. The van der Waals surface area contributed by atoms with Crippen molar-refractivity contribution < 1.29 is 9.53 Å². The molecule has 0 aromatic carbocycles. The van der Waals surface area contributed by atoms with E-state index in [1.165, 1.54) is 38.8 Å². The van der Waals surface area contributed by atoms with Crippen LogP contribution in [0.2, 0.25) is 0 Å². The van der Waals surface area contributed by atoms with Crippen LogP contribution in [0.15, 0.2) is 0 Å². The summed E-state index contributed by atoms with van der Waals surface area (Å²) >= 11 is 0. The van der Waals surface area contributed by atoms with E-state index < -0.39 is 0 Å². The van der Waals surface area contributed by atoms with Gasteiger partial charge in [0.05, 0.1) is 5.92 Å². The lowest BCUT2D eigenvalue weighted by Gasteiger charge is -2.43. The number of fused-ring (bicyclic) bond motifs is 1. The number of carbonyl (C=O) groups is 1. The molecule has 0 saturated carbocycles. The minimum Gasteiger partial charge on any atom is -0.461 e. The zero-order valence-electron chi connectivity index (χ0n) is 10.4.